The molecule has 1 saturated carbocycles. The maximum atomic E-state index is 13.2. The van der Waals surface area contributed by atoms with Gasteiger partial charge >= 0.3 is 0 Å². The molecule has 0 radical (unpaired) electrons. The molecule has 2 N–H and O–H groups in total. The molecule has 0 bridgehead atoms. The van der Waals surface area contributed by atoms with Crippen LogP contribution < -0.4 is 5.73 Å². The molecule has 4 nitrogen and oxygen atoms in total. The second-order valence-corrected chi connectivity index (χ2v) is 9.67. The molecule has 3 rings (SSSR count). The van der Waals surface area contributed by atoms with Crippen LogP contribution in [0.4, 0.5) is 0 Å². The zero-order valence-corrected chi connectivity index (χ0v) is 18.5. The second kappa shape index (κ2) is 11.3. The molecule has 28 heavy (non-hydrogen) atoms. The first-order chi connectivity index (χ1) is 13.7. The minimum atomic E-state index is 0.380. The van der Waals surface area contributed by atoms with Gasteiger partial charge in [0, 0.05) is 38.1 Å². The van der Waals surface area contributed by atoms with Crippen LogP contribution in [0.3, 0.4) is 0 Å². The van der Waals surface area contributed by atoms with E-state index in [1.165, 1.54) is 37.7 Å². The van der Waals surface area contributed by atoms with Crippen LogP contribution in [0.1, 0.15) is 76.7 Å². The molecule has 1 saturated heterocycles. The lowest BCUT2D eigenvalue weighted by Gasteiger charge is -2.41. The number of amides is 1. The highest BCUT2D eigenvalue weighted by molar-refractivity contribution is 7.07. The van der Waals surface area contributed by atoms with Crippen LogP contribution in [-0.2, 0) is 11.3 Å². The zero-order chi connectivity index (χ0) is 19.8. The molecule has 5 heteroatoms. The minimum absolute atomic E-state index is 0.380. The Labute approximate surface area is 175 Å². The van der Waals surface area contributed by atoms with Crippen molar-refractivity contribution in [2.75, 3.05) is 19.6 Å². The third kappa shape index (κ3) is 6.30. The number of nitrogens with zero attached hydrogens (tertiary/aromatic N) is 2. The van der Waals surface area contributed by atoms with E-state index < -0.39 is 0 Å². The van der Waals surface area contributed by atoms with Crippen molar-refractivity contribution in [3.05, 3.63) is 22.4 Å². The Kier molecular flexibility index (Phi) is 8.81. The van der Waals surface area contributed by atoms with E-state index >= 15 is 0 Å². The Morgan fingerprint density at radius 3 is 2.64 bits per heavy atom. The summed E-state index contributed by atoms with van der Waals surface area (Å²) in [6.07, 6.45) is 11.8. The monoisotopic (exact) mass is 405 g/mol. The van der Waals surface area contributed by atoms with Crippen LogP contribution >= 0.6 is 11.3 Å². The maximum Gasteiger partial charge on any atom is 0.223 e. The number of rotatable bonds is 9. The lowest BCUT2D eigenvalue weighted by atomic mass is 9.86. The Morgan fingerprint density at radius 2 is 2.00 bits per heavy atom. The first-order valence-electron chi connectivity index (χ1n) is 11.4. The van der Waals surface area contributed by atoms with Crippen molar-refractivity contribution in [1.29, 1.82) is 0 Å². The molecule has 1 aromatic heterocycles. The minimum Gasteiger partial charge on any atom is -0.335 e. The van der Waals surface area contributed by atoms with E-state index in [-0.39, 0.29) is 0 Å². The number of hydrogen-bond acceptors (Lipinski definition) is 4. The van der Waals surface area contributed by atoms with Gasteiger partial charge in [-0.05, 0) is 67.5 Å². The van der Waals surface area contributed by atoms with Crippen molar-refractivity contribution in [3.8, 4) is 0 Å². The number of carbonyl (C=O) groups excluding carboxylic acids is 1. The SMILES string of the molecule is CC(CCN)N1CCC(N(Cc2ccsc2)C(=O)CCC2CCCCC2)CC1. The average molecular weight is 406 g/mol. The summed E-state index contributed by atoms with van der Waals surface area (Å²) in [5, 5.41) is 4.32. The van der Waals surface area contributed by atoms with Crippen molar-refractivity contribution in [3.63, 3.8) is 0 Å². The Bertz CT molecular complexity index is 562. The summed E-state index contributed by atoms with van der Waals surface area (Å²) in [7, 11) is 0. The van der Waals surface area contributed by atoms with E-state index in [4.69, 9.17) is 5.73 Å². The van der Waals surface area contributed by atoms with Gasteiger partial charge in [0.15, 0.2) is 0 Å². The van der Waals surface area contributed by atoms with E-state index in [1.54, 1.807) is 11.3 Å². The van der Waals surface area contributed by atoms with E-state index in [0.29, 0.717) is 18.0 Å². The van der Waals surface area contributed by atoms with Gasteiger partial charge in [0.1, 0.15) is 0 Å². The Balaban J connectivity index is 1.56. The summed E-state index contributed by atoms with van der Waals surface area (Å²) < 4.78 is 0. The van der Waals surface area contributed by atoms with Crippen LogP contribution in [0.2, 0.25) is 0 Å². The van der Waals surface area contributed by atoms with Crippen LogP contribution in [0, 0.1) is 5.92 Å². The third-order valence-corrected chi connectivity index (χ3v) is 7.62. The van der Waals surface area contributed by atoms with Crippen molar-refractivity contribution in [2.24, 2.45) is 11.7 Å². The second-order valence-electron chi connectivity index (χ2n) is 8.89. The van der Waals surface area contributed by atoms with Gasteiger partial charge in [0.05, 0.1) is 0 Å². The van der Waals surface area contributed by atoms with Crippen molar-refractivity contribution in [2.45, 2.75) is 89.8 Å². The fraction of sp³-hybridized carbons (Fsp3) is 0.783. The molecule has 1 amide bonds. The first kappa shape index (κ1) is 21.8. The van der Waals surface area contributed by atoms with E-state index in [2.05, 4.69) is 33.6 Å². The molecular formula is C23H39N3OS. The third-order valence-electron chi connectivity index (χ3n) is 6.89. The molecule has 2 aliphatic rings. The van der Waals surface area contributed by atoms with Crippen LogP contribution in [-0.4, -0.2) is 47.4 Å². The zero-order valence-electron chi connectivity index (χ0n) is 17.7. The van der Waals surface area contributed by atoms with Gasteiger partial charge in [-0.1, -0.05) is 32.1 Å². The fourth-order valence-corrected chi connectivity index (χ4v) is 5.67. The average Bonchev–Trinajstić information content (AvgIpc) is 3.25. The molecule has 1 aliphatic heterocycles. The summed E-state index contributed by atoms with van der Waals surface area (Å²) in [5.41, 5.74) is 7.03. The molecule has 2 heterocycles. The van der Waals surface area contributed by atoms with Gasteiger partial charge in [-0.2, -0.15) is 11.3 Å². The molecule has 1 unspecified atom stereocenters. The summed E-state index contributed by atoms with van der Waals surface area (Å²) in [6.45, 7) is 6.00. The highest BCUT2D eigenvalue weighted by atomic mass is 32.1. The summed E-state index contributed by atoms with van der Waals surface area (Å²) >= 11 is 1.73. The van der Waals surface area contributed by atoms with Crippen molar-refractivity contribution in [1.82, 2.24) is 9.80 Å². The molecule has 158 valence electrons. The normalized spacial score (nSPS) is 20.9. The van der Waals surface area contributed by atoms with Gasteiger partial charge in [-0.25, -0.2) is 0 Å². The molecule has 1 atom stereocenters. The number of likely N-dealkylation sites (tertiary alicyclic amines) is 1. The van der Waals surface area contributed by atoms with Gasteiger partial charge in [0.25, 0.3) is 0 Å². The number of thiophene rings is 1. The predicted octanol–water partition coefficient (Wildman–Crippen LogP) is 4.64. The quantitative estimate of drug-likeness (QED) is 0.651. The van der Waals surface area contributed by atoms with E-state index in [9.17, 15) is 4.79 Å². The number of hydrogen-bond donors (Lipinski definition) is 1. The van der Waals surface area contributed by atoms with Crippen molar-refractivity contribution >= 4 is 17.2 Å². The smallest absolute Gasteiger partial charge is 0.223 e. The predicted molar refractivity (Wildman–Crippen MR) is 118 cm³/mol. The largest absolute Gasteiger partial charge is 0.335 e. The van der Waals surface area contributed by atoms with E-state index in [1.807, 2.05) is 0 Å². The number of carbonyl (C=O) groups is 1. The lowest BCUT2D eigenvalue weighted by Crippen LogP contribution is -2.49. The molecule has 2 fully saturated rings. The fourth-order valence-electron chi connectivity index (χ4n) is 5.01. The van der Waals surface area contributed by atoms with Gasteiger partial charge in [-0.15, -0.1) is 0 Å². The summed E-state index contributed by atoms with van der Waals surface area (Å²) in [6, 6.07) is 3.11. The maximum absolute atomic E-state index is 13.2. The van der Waals surface area contributed by atoms with Crippen LogP contribution in [0.25, 0.3) is 0 Å². The van der Waals surface area contributed by atoms with Gasteiger partial charge < -0.3 is 15.5 Å². The standard InChI is InChI=1S/C23H39N3OS/c1-19(9-13-24)25-14-10-22(11-15-25)26(17-21-12-16-28-18-21)23(27)8-7-20-5-3-2-4-6-20/h12,16,18-20,22H,2-11,13-15,17,24H2,1H3. The number of piperidine rings is 1. The first-order valence-corrected chi connectivity index (χ1v) is 12.4. The summed E-state index contributed by atoms with van der Waals surface area (Å²) in [4.78, 5) is 18.0. The highest BCUT2D eigenvalue weighted by Crippen LogP contribution is 2.29. The van der Waals surface area contributed by atoms with Crippen molar-refractivity contribution < 1.29 is 4.79 Å². The summed E-state index contributed by atoms with van der Waals surface area (Å²) in [5.74, 6) is 1.16. The van der Waals surface area contributed by atoms with Gasteiger partial charge in [0.2, 0.25) is 5.91 Å². The molecule has 1 aromatic rings. The van der Waals surface area contributed by atoms with E-state index in [0.717, 1.165) is 64.2 Å². The molecular weight excluding hydrogens is 366 g/mol. The Morgan fingerprint density at radius 1 is 1.25 bits per heavy atom. The Hall–Kier alpha value is -0.910. The molecule has 1 aliphatic carbocycles. The van der Waals surface area contributed by atoms with Crippen LogP contribution in [0.15, 0.2) is 16.8 Å². The van der Waals surface area contributed by atoms with Crippen LogP contribution in [0.5, 0.6) is 0 Å². The molecule has 0 spiro atoms. The topological polar surface area (TPSA) is 49.6 Å². The lowest BCUT2D eigenvalue weighted by molar-refractivity contribution is -0.135. The molecule has 0 aromatic carbocycles. The van der Waals surface area contributed by atoms with Gasteiger partial charge in [-0.3, -0.25) is 4.79 Å². The highest BCUT2D eigenvalue weighted by Gasteiger charge is 2.29. The number of nitrogens with two attached hydrogens (primary N) is 1.